The summed E-state index contributed by atoms with van der Waals surface area (Å²) in [5, 5.41) is 0. The van der Waals surface area contributed by atoms with E-state index in [0.717, 1.165) is 12.1 Å². The molecule has 2 atom stereocenters. The van der Waals surface area contributed by atoms with Gasteiger partial charge in [0, 0.05) is 11.7 Å². The van der Waals surface area contributed by atoms with Crippen LogP contribution in [0.5, 0.6) is 0 Å². The van der Waals surface area contributed by atoms with E-state index < -0.39 is 6.04 Å². The number of halogens is 1. The lowest BCUT2D eigenvalue weighted by Gasteiger charge is -2.24. The van der Waals surface area contributed by atoms with Crippen molar-refractivity contribution in [2.24, 2.45) is 5.73 Å². The SMILES string of the molecule is C[C@@H](N)C(=O)N1c2ccccc2C[C@@H]1C.Cl. The maximum atomic E-state index is 11.9. The fourth-order valence-corrected chi connectivity index (χ4v) is 2.12. The smallest absolute Gasteiger partial charge is 0.243 e. The van der Waals surface area contributed by atoms with Crippen molar-refractivity contribution in [2.45, 2.75) is 32.4 Å². The summed E-state index contributed by atoms with van der Waals surface area (Å²) >= 11 is 0. The second-order valence-electron chi connectivity index (χ2n) is 4.18. The zero-order valence-electron chi connectivity index (χ0n) is 9.51. The fraction of sp³-hybridized carbons (Fsp3) is 0.417. The molecule has 0 aromatic heterocycles. The predicted octanol–water partition coefficient (Wildman–Crippen LogP) is 1.73. The van der Waals surface area contributed by atoms with Gasteiger partial charge in [0.2, 0.25) is 5.91 Å². The predicted molar refractivity (Wildman–Crippen MR) is 68.0 cm³/mol. The van der Waals surface area contributed by atoms with Crippen molar-refractivity contribution in [1.29, 1.82) is 0 Å². The molecular formula is C12H17ClN2O. The highest BCUT2D eigenvalue weighted by molar-refractivity contribution is 5.99. The van der Waals surface area contributed by atoms with Gasteiger partial charge in [0.15, 0.2) is 0 Å². The molecule has 4 heteroatoms. The van der Waals surface area contributed by atoms with Gasteiger partial charge >= 0.3 is 0 Å². The maximum Gasteiger partial charge on any atom is 0.243 e. The number of nitrogens with zero attached hydrogens (tertiary/aromatic N) is 1. The third-order valence-electron chi connectivity index (χ3n) is 2.83. The van der Waals surface area contributed by atoms with E-state index >= 15 is 0 Å². The van der Waals surface area contributed by atoms with Crippen molar-refractivity contribution in [3.63, 3.8) is 0 Å². The molecule has 2 N–H and O–H groups in total. The summed E-state index contributed by atoms with van der Waals surface area (Å²) in [6.45, 7) is 3.79. The number of hydrogen-bond donors (Lipinski definition) is 1. The quantitative estimate of drug-likeness (QED) is 0.813. The van der Waals surface area contributed by atoms with Crippen molar-refractivity contribution in [1.82, 2.24) is 0 Å². The van der Waals surface area contributed by atoms with E-state index in [1.54, 1.807) is 6.92 Å². The van der Waals surface area contributed by atoms with Crippen LogP contribution >= 0.6 is 12.4 Å². The van der Waals surface area contributed by atoms with Crippen LogP contribution in [0.4, 0.5) is 5.69 Å². The molecule has 1 aliphatic heterocycles. The van der Waals surface area contributed by atoms with Crippen LogP contribution in [-0.4, -0.2) is 18.0 Å². The van der Waals surface area contributed by atoms with Gasteiger partial charge < -0.3 is 10.6 Å². The Balaban J connectivity index is 0.00000128. The third kappa shape index (κ3) is 2.06. The van der Waals surface area contributed by atoms with Crippen LogP contribution in [0.3, 0.4) is 0 Å². The first-order chi connectivity index (χ1) is 7.11. The zero-order valence-corrected chi connectivity index (χ0v) is 10.3. The number of para-hydroxylation sites is 1. The average molecular weight is 241 g/mol. The number of benzene rings is 1. The van der Waals surface area contributed by atoms with Crippen LogP contribution in [0, 0.1) is 0 Å². The molecule has 3 nitrogen and oxygen atoms in total. The standard InChI is InChI=1S/C12H16N2O.ClH/c1-8-7-10-5-3-4-6-11(10)14(8)12(15)9(2)13;/h3-6,8-9H,7,13H2,1-2H3;1H/t8-,9+;/m0./s1. The van der Waals surface area contributed by atoms with Gasteiger partial charge in [0.1, 0.15) is 0 Å². The second-order valence-corrected chi connectivity index (χ2v) is 4.18. The Hall–Kier alpha value is -1.06. The van der Waals surface area contributed by atoms with Crippen LogP contribution < -0.4 is 10.6 Å². The minimum Gasteiger partial charge on any atom is -0.320 e. The highest BCUT2D eigenvalue weighted by Gasteiger charge is 2.31. The first-order valence-corrected chi connectivity index (χ1v) is 5.28. The van der Waals surface area contributed by atoms with Crippen molar-refractivity contribution < 1.29 is 4.79 Å². The Bertz CT molecular complexity index is 392. The minimum absolute atomic E-state index is 0. The molecule has 0 radical (unpaired) electrons. The van der Waals surface area contributed by atoms with E-state index in [1.807, 2.05) is 23.1 Å². The molecule has 2 rings (SSSR count). The molecule has 0 bridgehead atoms. The lowest BCUT2D eigenvalue weighted by molar-refractivity contribution is -0.119. The van der Waals surface area contributed by atoms with Crippen LogP contribution in [0.25, 0.3) is 0 Å². The van der Waals surface area contributed by atoms with E-state index in [9.17, 15) is 4.79 Å². The van der Waals surface area contributed by atoms with Crippen LogP contribution in [0.1, 0.15) is 19.4 Å². The molecule has 1 amide bonds. The second kappa shape index (κ2) is 4.85. The summed E-state index contributed by atoms with van der Waals surface area (Å²) in [5.74, 6) is 0.00690. The number of carbonyl (C=O) groups is 1. The number of amides is 1. The van der Waals surface area contributed by atoms with Crippen molar-refractivity contribution in [3.8, 4) is 0 Å². The summed E-state index contributed by atoms with van der Waals surface area (Å²) in [6.07, 6.45) is 0.925. The van der Waals surface area contributed by atoms with Gasteiger partial charge in [-0.3, -0.25) is 4.79 Å². The van der Waals surface area contributed by atoms with E-state index in [0.29, 0.717) is 0 Å². The first kappa shape index (κ1) is 13.0. The number of anilines is 1. The number of carbonyl (C=O) groups excluding carboxylic acids is 1. The molecule has 0 unspecified atom stereocenters. The molecule has 0 saturated heterocycles. The van der Waals surface area contributed by atoms with Crippen molar-refractivity contribution in [2.75, 3.05) is 4.90 Å². The number of fused-ring (bicyclic) bond motifs is 1. The Labute approximate surface area is 102 Å². The molecule has 0 saturated carbocycles. The van der Waals surface area contributed by atoms with Gasteiger partial charge in [0.25, 0.3) is 0 Å². The van der Waals surface area contributed by atoms with Gasteiger partial charge in [-0.1, -0.05) is 18.2 Å². The lowest BCUT2D eigenvalue weighted by atomic mass is 10.1. The minimum atomic E-state index is -0.432. The molecule has 0 fully saturated rings. The van der Waals surface area contributed by atoms with Gasteiger partial charge in [-0.25, -0.2) is 0 Å². The van der Waals surface area contributed by atoms with Gasteiger partial charge in [-0.05, 0) is 31.9 Å². The topological polar surface area (TPSA) is 46.3 Å². The van der Waals surface area contributed by atoms with E-state index in [-0.39, 0.29) is 24.4 Å². The molecular weight excluding hydrogens is 224 g/mol. The van der Waals surface area contributed by atoms with Crippen molar-refractivity contribution in [3.05, 3.63) is 29.8 Å². The van der Waals surface area contributed by atoms with Crippen molar-refractivity contribution >= 4 is 24.0 Å². The van der Waals surface area contributed by atoms with Gasteiger partial charge in [-0.2, -0.15) is 0 Å². The van der Waals surface area contributed by atoms with Crippen LogP contribution in [0.15, 0.2) is 24.3 Å². The highest BCUT2D eigenvalue weighted by Crippen LogP contribution is 2.31. The fourth-order valence-electron chi connectivity index (χ4n) is 2.12. The van der Waals surface area contributed by atoms with E-state index in [1.165, 1.54) is 5.56 Å². The molecule has 1 aliphatic rings. The Kier molecular flexibility index (Phi) is 3.94. The lowest BCUT2D eigenvalue weighted by Crippen LogP contribution is -2.45. The Morgan fingerprint density at radius 3 is 2.75 bits per heavy atom. The number of hydrogen-bond acceptors (Lipinski definition) is 2. The summed E-state index contributed by atoms with van der Waals surface area (Å²) in [6, 6.07) is 7.81. The molecule has 0 aliphatic carbocycles. The average Bonchev–Trinajstić information content (AvgIpc) is 2.52. The summed E-state index contributed by atoms with van der Waals surface area (Å²) in [7, 11) is 0. The van der Waals surface area contributed by atoms with E-state index in [4.69, 9.17) is 5.73 Å². The molecule has 88 valence electrons. The maximum absolute atomic E-state index is 11.9. The third-order valence-corrected chi connectivity index (χ3v) is 2.83. The number of rotatable bonds is 1. The normalized spacial score (nSPS) is 19.9. The highest BCUT2D eigenvalue weighted by atomic mass is 35.5. The van der Waals surface area contributed by atoms with E-state index in [2.05, 4.69) is 13.0 Å². The first-order valence-electron chi connectivity index (χ1n) is 5.28. The van der Waals surface area contributed by atoms with Crippen LogP contribution in [0.2, 0.25) is 0 Å². The Morgan fingerprint density at radius 1 is 1.50 bits per heavy atom. The largest absolute Gasteiger partial charge is 0.320 e. The van der Waals surface area contributed by atoms with Crippen LogP contribution in [-0.2, 0) is 11.2 Å². The zero-order chi connectivity index (χ0) is 11.0. The van der Waals surface area contributed by atoms with Gasteiger partial charge in [0.05, 0.1) is 6.04 Å². The molecule has 1 heterocycles. The molecule has 0 spiro atoms. The number of nitrogens with two attached hydrogens (primary N) is 1. The summed E-state index contributed by atoms with van der Waals surface area (Å²) in [5.41, 5.74) is 7.90. The summed E-state index contributed by atoms with van der Waals surface area (Å²) in [4.78, 5) is 13.7. The molecule has 16 heavy (non-hydrogen) atoms. The summed E-state index contributed by atoms with van der Waals surface area (Å²) < 4.78 is 0. The Morgan fingerprint density at radius 2 is 2.12 bits per heavy atom. The molecule has 1 aromatic carbocycles. The van der Waals surface area contributed by atoms with Gasteiger partial charge in [-0.15, -0.1) is 12.4 Å². The molecule has 1 aromatic rings. The monoisotopic (exact) mass is 240 g/mol.